The van der Waals surface area contributed by atoms with E-state index in [0.29, 0.717) is 11.5 Å². The van der Waals surface area contributed by atoms with Gasteiger partial charge in [-0.05, 0) is 44.6 Å². The number of hydrogen-bond donors (Lipinski definition) is 1. The van der Waals surface area contributed by atoms with Crippen molar-refractivity contribution in [1.29, 1.82) is 0 Å². The predicted octanol–water partition coefficient (Wildman–Crippen LogP) is 4.19. The monoisotopic (exact) mass is 268 g/mol. The number of hydrogen-bond acceptors (Lipinski definition) is 3. The van der Waals surface area contributed by atoms with Crippen LogP contribution in [0.3, 0.4) is 0 Å². The van der Waals surface area contributed by atoms with Gasteiger partial charge < -0.3 is 5.32 Å². The lowest BCUT2D eigenvalue weighted by molar-refractivity contribution is 0.251. The first kappa shape index (κ1) is 15.6. The molecule has 1 heterocycles. The van der Waals surface area contributed by atoms with Crippen molar-refractivity contribution in [3.8, 4) is 0 Å². The Hall–Kier alpha value is -0.410. The third-order valence-electron chi connectivity index (χ3n) is 3.24. The van der Waals surface area contributed by atoms with Gasteiger partial charge in [0.2, 0.25) is 0 Å². The number of thiazole rings is 1. The molecule has 2 nitrogen and oxygen atoms in total. The maximum Gasteiger partial charge on any atom is 0.0928 e. The Labute approximate surface area is 116 Å². The Bertz CT molecular complexity index is 339. The second-order valence-corrected chi connectivity index (χ2v) is 7.09. The van der Waals surface area contributed by atoms with Crippen molar-refractivity contribution in [3.05, 3.63) is 16.1 Å². The number of rotatable bonds is 7. The van der Waals surface area contributed by atoms with E-state index in [1.807, 2.05) is 0 Å². The molecule has 0 saturated heterocycles. The van der Waals surface area contributed by atoms with Crippen LogP contribution in [0.25, 0.3) is 0 Å². The molecule has 1 rings (SSSR count). The Balaban J connectivity index is 2.37. The van der Waals surface area contributed by atoms with Crippen LogP contribution in [0.15, 0.2) is 5.38 Å². The van der Waals surface area contributed by atoms with Crippen molar-refractivity contribution in [2.24, 2.45) is 5.41 Å². The van der Waals surface area contributed by atoms with E-state index >= 15 is 0 Å². The molecular formula is C15H28N2S. The Kier molecular flexibility index (Phi) is 6.30. The summed E-state index contributed by atoms with van der Waals surface area (Å²) >= 11 is 1.80. The average molecular weight is 268 g/mol. The summed E-state index contributed by atoms with van der Waals surface area (Å²) in [6.45, 7) is 12.4. The van der Waals surface area contributed by atoms with E-state index in [0.717, 1.165) is 18.7 Å². The minimum absolute atomic E-state index is 0.341. The van der Waals surface area contributed by atoms with E-state index < -0.39 is 0 Å². The van der Waals surface area contributed by atoms with Gasteiger partial charge in [0.05, 0.1) is 5.01 Å². The van der Waals surface area contributed by atoms with Crippen LogP contribution >= 0.6 is 11.3 Å². The number of aryl methyl sites for hydroxylation is 2. The highest BCUT2D eigenvalue weighted by Crippen LogP contribution is 2.24. The molecule has 0 aliphatic carbocycles. The minimum Gasteiger partial charge on any atom is -0.313 e. The first-order valence-corrected chi connectivity index (χ1v) is 7.96. The van der Waals surface area contributed by atoms with Crippen LogP contribution in [0.5, 0.6) is 0 Å². The Morgan fingerprint density at radius 1 is 1.39 bits per heavy atom. The molecule has 18 heavy (non-hydrogen) atoms. The van der Waals surface area contributed by atoms with E-state index in [4.69, 9.17) is 0 Å². The van der Waals surface area contributed by atoms with Gasteiger partial charge in [-0.1, -0.05) is 27.7 Å². The fourth-order valence-corrected chi connectivity index (χ4v) is 2.95. The summed E-state index contributed by atoms with van der Waals surface area (Å²) in [5.41, 5.74) is 1.50. The lowest BCUT2D eigenvalue weighted by Crippen LogP contribution is -2.40. The molecule has 0 bridgehead atoms. The van der Waals surface area contributed by atoms with Gasteiger partial charge in [-0.3, -0.25) is 0 Å². The maximum atomic E-state index is 4.53. The van der Waals surface area contributed by atoms with E-state index in [1.54, 1.807) is 11.3 Å². The lowest BCUT2D eigenvalue weighted by atomic mass is 9.83. The second kappa shape index (κ2) is 7.25. The van der Waals surface area contributed by atoms with Gasteiger partial charge in [-0.25, -0.2) is 4.98 Å². The summed E-state index contributed by atoms with van der Waals surface area (Å²) in [7, 11) is 0. The number of aromatic nitrogens is 1. The van der Waals surface area contributed by atoms with Crippen LogP contribution in [-0.4, -0.2) is 17.6 Å². The van der Waals surface area contributed by atoms with Crippen molar-refractivity contribution in [3.63, 3.8) is 0 Å². The van der Waals surface area contributed by atoms with Gasteiger partial charge in [0.15, 0.2) is 0 Å². The van der Waals surface area contributed by atoms with Gasteiger partial charge in [-0.15, -0.1) is 11.3 Å². The third-order valence-corrected chi connectivity index (χ3v) is 4.26. The van der Waals surface area contributed by atoms with Crippen LogP contribution in [0.4, 0.5) is 0 Å². The molecule has 0 amide bonds. The maximum absolute atomic E-state index is 4.53. The number of nitrogens with zero attached hydrogens (tertiary/aromatic N) is 1. The average Bonchev–Trinajstić information content (AvgIpc) is 2.67. The molecule has 0 fully saturated rings. The molecule has 0 aromatic carbocycles. The van der Waals surface area contributed by atoms with E-state index in [-0.39, 0.29) is 0 Å². The van der Waals surface area contributed by atoms with Gasteiger partial charge in [0.1, 0.15) is 0 Å². The summed E-state index contributed by atoms with van der Waals surface area (Å²) < 4.78 is 0. The largest absolute Gasteiger partial charge is 0.313 e. The smallest absolute Gasteiger partial charge is 0.0928 e. The molecule has 3 heteroatoms. The molecule has 1 N–H and O–H groups in total. The van der Waals surface area contributed by atoms with E-state index in [9.17, 15) is 0 Å². The van der Waals surface area contributed by atoms with Gasteiger partial charge >= 0.3 is 0 Å². The zero-order chi connectivity index (χ0) is 13.6. The molecule has 0 aliphatic heterocycles. The topological polar surface area (TPSA) is 24.9 Å². The highest BCUT2D eigenvalue weighted by molar-refractivity contribution is 7.09. The molecule has 0 aliphatic rings. The molecule has 1 aromatic rings. The first-order valence-electron chi connectivity index (χ1n) is 7.08. The van der Waals surface area contributed by atoms with Gasteiger partial charge in [-0.2, -0.15) is 0 Å². The van der Waals surface area contributed by atoms with Crippen molar-refractivity contribution in [2.75, 3.05) is 6.54 Å². The molecule has 0 spiro atoms. The summed E-state index contributed by atoms with van der Waals surface area (Å²) in [5, 5.41) is 7.12. The summed E-state index contributed by atoms with van der Waals surface area (Å²) in [4.78, 5) is 4.53. The summed E-state index contributed by atoms with van der Waals surface area (Å²) in [6.07, 6.45) is 4.80. The number of nitrogens with one attached hydrogen (secondary N) is 1. The van der Waals surface area contributed by atoms with Crippen LogP contribution in [0, 0.1) is 12.3 Å². The predicted molar refractivity (Wildman–Crippen MR) is 81.3 cm³/mol. The zero-order valence-electron chi connectivity index (χ0n) is 12.5. The molecular weight excluding hydrogens is 240 g/mol. The fraction of sp³-hybridized carbons (Fsp3) is 0.800. The molecule has 1 atom stereocenters. The lowest BCUT2D eigenvalue weighted by Gasteiger charge is -2.31. The zero-order valence-corrected chi connectivity index (χ0v) is 13.4. The normalized spacial score (nSPS) is 13.8. The van der Waals surface area contributed by atoms with Crippen LogP contribution in [0.1, 0.15) is 57.7 Å². The second-order valence-electron chi connectivity index (χ2n) is 6.15. The van der Waals surface area contributed by atoms with Crippen molar-refractivity contribution >= 4 is 11.3 Å². The Morgan fingerprint density at radius 2 is 2.11 bits per heavy atom. The third kappa shape index (κ3) is 5.49. The molecule has 104 valence electrons. The Morgan fingerprint density at radius 3 is 2.61 bits per heavy atom. The van der Waals surface area contributed by atoms with Crippen LogP contribution < -0.4 is 5.32 Å². The van der Waals surface area contributed by atoms with Crippen LogP contribution in [-0.2, 0) is 6.42 Å². The van der Waals surface area contributed by atoms with Crippen LogP contribution in [0.2, 0.25) is 0 Å². The van der Waals surface area contributed by atoms with Crippen molar-refractivity contribution in [2.45, 2.75) is 66.3 Å². The van der Waals surface area contributed by atoms with Crippen molar-refractivity contribution in [1.82, 2.24) is 10.3 Å². The summed E-state index contributed by atoms with van der Waals surface area (Å²) in [5.74, 6) is 0. The van der Waals surface area contributed by atoms with Crippen molar-refractivity contribution < 1.29 is 0 Å². The van der Waals surface area contributed by atoms with Gasteiger partial charge in [0.25, 0.3) is 0 Å². The molecule has 0 saturated carbocycles. The minimum atomic E-state index is 0.341. The molecule has 1 unspecified atom stereocenters. The van der Waals surface area contributed by atoms with E-state index in [1.165, 1.54) is 24.3 Å². The highest BCUT2D eigenvalue weighted by atomic mass is 32.1. The standard InChI is InChI=1S/C15H28N2S/c1-6-10-16-13(15(3,4)5)8-7-9-14-17-12(2)11-18-14/h11,13,16H,6-10H2,1-5H3. The van der Waals surface area contributed by atoms with Gasteiger partial charge in [0, 0.05) is 17.1 Å². The fourth-order valence-electron chi connectivity index (χ4n) is 2.13. The molecule has 1 aromatic heterocycles. The quantitative estimate of drug-likeness (QED) is 0.802. The molecule has 0 radical (unpaired) electrons. The van der Waals surface area contributed by atoms with E-state index in [2.05, 4.69) is 50.3 Å². The SMILES string of the molecule is CCCNC(CCCc1nc(C)cs1)C(C)(C)C. The first-order chi connectivity index (χ1) is 8.43. The highest BCUT2D eigenvalue weighted by Gasteiger charge is 2.23. The summed E-state index contributed by atoms with van der Waals surface area (Å²) in [6, 6.07) is 0.610.